The highest BCUT2D eigenvalue weighted by Gasteiger charge is 2.25. The molecular weight excluding hydrogens is 445 g/mol. The Kier molecular flexibility index (Phi) is 5.47. The summed E-state index contributed by atoms with van der Waals surface area (Å²) in [6.45, 7) is 2.06. The number of aromatic hydroxyl groups is 1. The first-order valence-corrected chi connectivity index (χ1v) is 10.9. The molecule has 3 aromatic carbocycles. The second kappa shape index (κ2) is 8.46. The Morgan fingerprint density at radius 1 is 1.09 bits per heavy atom. The summed E-state index contributed by atoms with van der Waals surface area (Å²) in [6.07, 6.45) is 1.33. The van der Waals surface area contributed by atoms with Gasteiger partial charge in [-0.05, 0) is 34.5 Å². The van der Waals surface area contributed by atoms with Gasteiger partial charge in [0.1, 0.15) is 23.4 Å². The van der Waals surface area contributed by atoms with Crippen molar-refractivity contribution in [3.8, 4) is 16.9 Å². The number of phenols is 1. The average molecular weight is 466 g/mol. The van der Waals surface area contributed by atoms with Crippen LogP contribution in [0.3, 0.4) is 0 Å². The lowest BCUT2D eigenvalue weighted by Crippen LogP contribution is -2.50. The summed E-state index contributed by atoms with van der Waals surface area (Å²) >= 11 is 6.63. The molecule has 9 heteroatoms. The van der Waals surface area contributed by atoms with Gasteiger partial charge < -0.3 is 20.6 Å². The minimum atomic E-state index is -0.575. The first-order chi connectivity index (χ1) is 16.0. The highest BCUT2D eigenvalue weighted by atomic mass is 35.5. The zero-order valence-electron chi connectivity index (χ0n) is 17.6. The smallest absolute Gasteiger partial charge is 0.236 e. The highest BCUT2D eigenvalue weighted by Crippen LogP contribution is 2.41. The fourth-order valence-corrected chi connectivity index (χ4v) is 4.71. The van der Waals surface area contributed by atoms with Gasteiger partial charge in [-0.3, -0.25) is 4.79 Å². The molecule has 168 valence electrons. The second-order valence-corrected chi connectivity index (χ2v) is 8.33. The number of carbonyl (C=O) groups is 1. The van der Waals surface area contributed by atoms with E-state index in [1.54, 1.807) is 17.0 Å². The van der Waals surface area contributed by atoms with Crippen molar-refractivity contribution in [1.82, 2.24) is 14.9 Å². The number of phenolic OH excluding ortho intramolecular Hbond substituents is 1. The summed E-state index contributed by atoms with van der Waals surface area (Å²) in [4.78, 5) is 24.2. The van der Waals surface area contributed by atoms with Gasteiger partial charge in [0.05, 0.1) is 11.6 Å². The van der Waals surface area contributed by atoms with E-state index in [4.69, 9.17) is 17.3 Å². The number of nitrogens with zero attached hydrogens (tertiary/aromatic N) is 4. The molecular formula is C24H21ClFN5O2. The molecule has 0 radical (unpaired) electrons. The van der Waals surface area contributed by atoms with Crippen molar-refractivity contribution >= 4 is 45.0 Å². The fraction of sp³-hybridized carbons (Fsp3) is 0.208. The summed E-state index contributed by atoms with van der Waals surface area (Å²) in [5.74, 6) is -0.0892. The van der Waals surface area contributed by atoms with E-state index in [0.29, 0.717) is 42.9 Å². The number of halogens is 2. The molecule has 1 saturated heterocycles. The third-order valence-corrected chi connectivity index (χ3v) is 6.32. The van der Waals surface area contributed by atoms with Gasteiger partial charge in [0.2, 0.25) is 5.91 Å². The normalized spacial score (nSPS) is 14.3. The molecule has 1 amide bonds. The molecule has 3 N–H and O–H groups in total. The molecule has 5 rings (SSSR count). The SMILES string of the molecule is NCC(=O)N1CCN(c2ncnc3c(F)c(-c4cc(O)cc5ccccc45)c(Cl)cc23)CC1. The molecule has 0 spiro atoms. The average Bonchev–Trinajstić information content (AvgIpc) is 2.83. The van der Waals surface area contributed by atoms with Crippen LogP contribution in [0.25, 0.3) is 32.8 Å². The van der Waals surface area contributed by atoms with Crippen molar-refractivity contribution < 1.29 is 14.3 Å². The zero-order valence-corrected chi connectivity index (χ0v) is 18.4. The molecule has 4 aromatic rings. The molecule has 0 bridgehead atoms. The predicted octanol–water partition coefficient (Wildman–Crippen LogP) is 3.56. The van der Waals surface area contributed by atoms with E-state index in [2.05, 4.69) is 9.97 Å². The van der Waals surface area contributed by atoms with Gasteiger partial charge in [-0.15, -0.1) is 0 Å². The molecule has 1 aromatic heterocycles. The lowest BCUT2D eigenvalue weighted by atomic mass is 9.96. The van der Waals surface area contributed by atoms with Crippen LogP contribution in [0.5, 0.6) is 5.75 Å². The van der Waals surface area contributed by atoms with E-state index in [1.807, 2.05) is 29.2 Å². The standard InChI is InChI=1S/C24H21ClFN5O2/c25-19-11-18-23(28-13-29-24(18)31-7-5-30(6-8-31)20(33)12-27)22(26)21(19)17-10-15(32)9-14-3-1-2-4-16(14)17/h1-4,9-11,13,32H,5-8,12,27H2. The monoisotopic (exact) mass is 465 g/mol. The van der Waals surface area contributed by atoms with Crippen molar-refractivity contribution in [3.63, 3.8) is 0 Å². The molecule has 0 aliphatic carbocycles. The van der Waals surface area contributed by atoms with E-state index >= 15 is 4.39 Å². The largest absolute Gasteiger partial charge is 0.508 e. The number of piperazine rings is 1. The predicted molar refractivity (Wildman–Crippen MR) is 127 cm³/mol. The number of hydrogen-bond donors (Lipinski definition) is 2. The fourth-order valence-electron chi connectivity index (χ4n) is 4.41. The van der Waals surface area contributed by atoms with Crippen LogP contribution in [0.15, 0.2) is 48.8 Å². The van der Waals surface area contributed by atoms with Crippen molar-refractivity contribution in [3.05, 3.63) is 59.6 Å². The van der Waals surface area contributed by atoms with Crippen molar-refractivity contribution in [2.24, 2.45) is 5.73 Å². The van der Waals surface area contributed by atoms with Crippen LogP contribution in [0.1, 0.15) is 0 Å². The number of benzene rings is 3. The van der Waals surface area contributed by atoms with Crippen molar-refractivity contribution in [2.45, 2.75) is 0 Å². The molecule has 0 saturated carbocycles. The number of amides is 1. The van der Waals surface area contributed by atoms with Crippen LogP contribution in [0.2, 0.25) is 5.02 Å². The van der Waals surface area contributed by atoms with Crippen molar-refractivity contribution in [1.29, 1.82) is 0 Å². The van der Waals surface area contributed by atoms with Crippen LogP contribution >= 0.6 is 11.6 Å². The van der Waals surface area contributed by atoms with E-state index in [-0.39, 0.29) is 34.3 Å². The summed E-state index contributed by atoms with van der Waals surface area (Å²) in [7, 11) is 0. The second-order valence-electron chi connectivity index (χ2n) is 7.93. The molecule has 2 heterocycles. The Hall–Kier alpha value is -3.49. The number of carbonyl (C=O) groups excluding carboxylic acids is 1. The van der Waals surface area contributed by atoms with E-state index in [9.17, 15) is 9.90 Å². The van der Waals surface area contributed by atoms with Crippen LogP contribution in [-0.2, 0) is 4.79 Å². The topological polar surface area (TPSA) is 95.6 Å². The Bertz CT molecular complexity index is 1390. The molecule has 0 atom stereocenters. The van der Waals surface area contributed by atoms with Crippen LogP contribution in [-0.4, -0.2) is 58.6 Å². The maximum Gasteiger partial charge on any atom is 0.236 e. The van der Waals surface area contributed by atoms with Crippen LogP contribution in [0.4, 0.5) is 10.2 Å². The van der Waals surface area contributed by atoms with Gasteiger partial charge in [-0.25, -0.2) is 14.4 Å². The minimum Gasteiger partial charge on any atom is -0.508 e. The minimum absolute atomic E-state index is 0.0209. The summed E-state index contributed by atoms with van der Waals surface area (Å²) < 4.78 is 15.9. The number of hydrogen-bond acceptors (Lipinski definition) is 6. The molecule has 1 aliphatic heterocycles. The molecule has 1 fully saturated rings. The van der Waals surface area contributed by atoms with Crippen LogP contribution in [0, 0.1) is 5.82 Å². The maximum atomic E-state index is 15.9. The quantitative estimate of drug-likeness (QED) is 0.480. The maximum absolute atomic E-state index is 15.9. The number of aromatic nitrogens is 2. The summed E-state index contributed by atoms with van der Waals surface area (Å²) in [6, 6.07) is 12.2. The van der Waals surface area contributed by atoms with Gasteiger partial charge in [0.25, 0.3) is 0 Å². The lowest BCUT2D eigenvalue weighted by Gasteiger charge is -2.35. The third-order valence-electron chi connectivity index (χ3n) is 6.02. The van der Waals surface area contributed by atoms with Gasteiger partial charge in [-0.1, -0.05) is 35.9 Å². The van der Waals surface area contributed by atoms with Crippen LogP contribution < -0.4 is 10.6 Å². The zero-order chi connectivity index (χ0) is 23.1. The van der Waals surface area contributed by atoms with Gasteiger partial charge in [0.15, 0.2) is 5.82 Å². The number of rotatable bonds is 3. The Labute approximate surface area is 194 Å². The molecule has 1 aliphatic rings. The lowest BCUT2D eigenvalue weighted by molar-refractivity contribution is -0.129. The first kappa shape index (κ1) is 21.4. The number of nitrogens with two attached hydrogens (primary N) is 1. The number of fused-ring (bicyclic) bond motifs is 2. The highest BCUT2D eigenvalue weighted by molar-refractivity contribution is 6.35. The Morgan fingerprint density at radius 3 is 2.61 bits per heavy atom. The molecule has 33 heavy (non-hydrogen) atoms. The Balaban J connectivity index is 1.62. The van der Waals surface area contributed by atoms with Crippen molar-refractivity contribution in [2.75, 3.05) is 37.6 Å². The first-order valence-electron chi connectivity index (χ1n) is 10.6. The van der Waals surface area contributed by atoms with Gasteiger partial charge in [-0.2, -0.15) is 0 Å². The summed E-state index contributed by atoms with van der Waals surface area (Å²) in [5, 5.41) is 12.5. The van der Waals surface area contributed by atoms with Gasteiger partial charge in [0, 0.05) is 37.1 Å². The summed E-state index contributed by atoms with van der Waals surface area (Å²) in [5.41, 5.74) is 6.28. The van der Waals surface area contributed by atoms with E-state index in [1.165, 1.54) is 12.4 Å². The van der Waals surface area contributed by atoms with E-state index < -0.39 is 5.82 Å². The third kappa shape index (κ3) is 3.71. The van der Waals surface area contributed by atoms with Gasteiger partial charge >= 0.3 is 0 Å². The molecule has 0 unspecified atom stereocenters. The number of anilines is 1. The van der Waals surface area contributed by atoms with E-state index in [0.717, 1.165) is 10.8 Å². The Morgan fingerprint density at radius 2 is 1.85 bits per heavy atom. The molecule has 7 nitrogen and oxygen atoms in total.